The second-order valence-corrected chi connectivity index (χ2v) is 4.82. The number of phenols is 1. The van der Waals surface area contributed by atoms with Gasteiger partial charge in [0.25, 0.3) is 0 Å². The maximum Gasteiger partial charge on any atom is 0.176 e. The van der Waals surface area contributed by atoms with E-state index in [2.05, 4.69) is 6.07 Å². The van der Waals surface area contributed by atoms with Crippen molar-refractivity contribution in [1.29, 1.82) is 10.5 Å². The van der Waals surface area contributed by atoms with Crippen LogP contribution in [-0.4, -0.2) is 12.2 Å². The predicted molar refractivity (Wildman–Crippen MR) is 79.0 cm³/mol. The number of hydrogen-bond donors (Lipinski definition) is 1. The summed E-state index contributed by atoms with van der Waals surface area (Å²) in [4.78, 5) is 0. The number of benzene rings is 2. The van der Waals surface area contributed by atoms with Crippen molar-refractivity contribution < 1.29 is 9.84 Å². The zero-order valence-electron chi connectivity index (χ0n) is 12.1. The number of aromatic hydroxyl groups is 1. The first-order valence-corrected chi connectivity index (χ1v) is 6.34. The van der Waals surface area contributed by atoms with Crippen molar-refractivity contribution in [3.63, 3.8) is 0 Å². The molecule has 0 radical (unpaired) electrons. The Morgan fingerprint density at radius 2 is 1.62 bits per heavy atom. The molecule has 1 N–H and O–H groups in total. The lowest BCUT2D eigenvalue weighted by Crippen LogP contribution is -1.95. The summed E-state index contributed by atoms with van der Waals surface area (Å²) in [6.45, 7) is 3.88. The second-order valence-electron chi connectivity index (χ2n) is 4.82. The summed E-state index contributed by atoms with van der Waals surface area (Å²) < 4.78 is 5.02. The Labute approximate surface area is 123 Å². The highest BCUT2D eigenvalue weighted by Gasteiger charge is 2.20. The van der Waals surface area contributed by atoms with Gasteiger partial charge in [-0.3, -0.25) is 0 Å². The minimum Gasteiger partial charge on any atom is -0.503 e. The standard InChI is InChI=1S/C17H14N2O2/c1-10-4-11(2)6-12(5-10)16-13(8-18)7-15(21-3)17(20)14(16)9-19/h4-7,20H,1-3H3. The summed E-state index contributed by atoms with van der Waals surface area (Å²) in [5, 5.41) is 28.8. The molecule has 2 aromatic carbocycles. The Kier molecular flexibility index (Phi) is 3.82. The van der Waals surface area contributed by atoms with E-state index in [0.717, 1.165) is 16.7 Å². The fourth-order valence-corrected chi connectivity index (χ4v) is 2.42. The molecule has 104 valence electrons. The highest BCUT2D eigenvalue weighted by Crippen LogP contribution is 2.40. The normalized spacial score (nSPS) is 9.76. The highest BCUT2D eigenvalue weighted by molar-refractivity contribution is 5.81. The van der Waals surface area contributed by atoms with Crippen LogP contribution in [0, 0.1) is 36.5 Å². The quantitative estimate of drug-likeness (QED) is 0.913. The lowest BCUT2D eigenvalue weighted by molar-refractivity contribution is 0.373. The molecule has 0 aliphatic rings. The van der Waals surface area contributed by atoms with Gasteiger partial charge in [0.1, 0.15) is 11.6 Å². The topological polar surface area (TPSA) is 77.0 Å². The van der Waals surface area contributed by atoms with Gasteiger partial charge in [0, 0.05) is 11.6 Å². The fourth-order valence-electron chi connectivity index (χ4n) is 2.42. The molecule has 0 fully saturated rings. The van der Waals surface area contributed by atoms with Crippen molar-refractivity contribution in [1.82, 2.24) is 0 Å². The molecule has 2 aromatic rings. The van der Waals surface area contributed by atoms with E-state index in [-0.39, 0.29) is 17.1 Å². The van der Waals surface area contributed by atoms with Crippen molar-refractivity contribution in [2.45, 2.75) is 13.8 Å². The highest BCUT2D eigenvalue weighted by atomic mass is 16.5. The number of phenolic OH excluding ortho intramolecular Hbond substituents is 1. The minimum atomic E-state index is -0.242. The molecule has 0 saturated carbocycles. The third kappa shape index (κ3) is 2.52. The predicted octanol–water partition coefficient (Wildman–Crippen LogP) is 3.43. The molecular formula is C17H14N2O2. The Morgan fingerprint density at radius 1 is 1.00 bits per heavy atom. The van der Waals surface area contributed by atoms with Crippen LogP contribution in [0.3, 0.4) is 0 Å². The number of rotatable bonds is 2. The van der Waals surface area contributed by atoms with Crippen LogP contribution < -0.4 is 4.74 Å². The number of methoxy groups -OCH3 is 1. The van der Waals surface area contributed by atoms with Crippen molar-refractivity contribution in [3.05, 3.63) is 46.5 Å². The van der Waals surface area contributed by atoms with Gasteiger partial charge in [-0.15, -0.1) is 0 Å². The number of hydrogen-bond acceptors (Lipinski definition) is 4. The third-order valence-corrected chi connectivity index (χ3v) is 3.23. The molecule has 4 heteroatoms. The fraction of sp³-hybridized carbons (Fsp3) is 0.176. The molecule has 0 bridgehead atoms. The van der Waals surface area contributed by atoms with E-state index in [1.807, 2.05) is 38.1 Å². The van der Waals surface area contributed by atoms with Gasteiger partial charge in [0.2, 0.25) is 0 Å². The molecule has 0 aliphatic heterocycles. The van der Waals surface area contributed by atoms with Crippen molar-refractivity contribution in [2.75, 3.05) is 7.11 Å². The summed E-state index contributed by atoms with van der Waals surface area (Å²) in [6, 6.07) is 11.3. The van der Waals surface area contributed by atoms with E-state index in [1.165, 1.54) is 13.2 Å². The Hall–Kier alpha value is -2.98. The van der Waals surface area contributed by atoms with Gasteiger partial charge in [0.15, 0.2) is 11.5 Å². The Bertz CT molecular complexity index is 776. The number of ether oxygens (including phenoxy) is 1. The van der Waals surface area contributed by atoms with Crippen LogP contribution in [0.4, 0.5) is 0 Å². The number of nitrogens with zero attached hydrogens (tertiary/aromatic N) is 2. The zero-order chi connectivity index (χ0) is 15.6. The molecule has 0 saturated heterocycles. The SMILES string of the molecule is COc1cc(C#N)c(-c2cc(C)cc(C)c2)c(C#N)c1O. The zero-order valence-corrected chi connectivity index (χ0v) is 12.1. The van der Waals surface area contributed by atoms with Gasteiger partial charge in [-0.05, 0) is 19.4 Å². The summed E-state index contributed by atoms with van der Waals surface area (Å²) in [6.07, 6.45) is 0. The molecule has 0 amide bonds. The van der Waals surface area contributed by atoms with Crippen LogP contribution >= 0.6 is 0 Å². The maximum absolute atomic E-state index is 10.1. The van der Waals surface area contributed by atoms with Crippen molar-refractivity contribution in [3.8, 4) is 34.8 Å². The lowest BCUT2D eigenvalue weighted by Gasteiger charge is -2.13. The summed E-state index contributed by atoms with van der Waals surface area (Å²) >= 11 is 0. The molecule has 0 aliphatic carbocycles. The molecule has 0 unspecified atom stereocenters. The van der Waals surface area contributed by atoms with Gasteiger partial charge in [-0.2, -0.15) is 10.5 Å². The van der Waals surface area contributed by atoms with E-state index >= 15 is 0 Å². The van der Waals surface area contributed by atoms with E-state index in [1.54, 1.807) is 0 Å². The third-order valence-electron chi connectivity index (χ3n) is 3.23. The molecule has 4 nitrogen and oxygen atoms in total. The largest absolute Gasteiger partial charge is 0.503 e. The van der Waals surface area contributed by atoms with Crippen LogP contribution in [0.25, 0.3) is 11.1 Å². The van der Waals surface area contributed by atoms with Crippen molar-refractivity contribution in [2.24, 2.45) is 0 Å². The van der Waals surface area contributed by atoms with Gasteiger partial charge in [-0.25, -0.2) is 0 Å². The minimum absolute atomic E-state index is 0.0518. The number of nitriles is 2. The lowest BCUT2D eigenvalue weighted by atomic mass is 9.92. The average molecular weight is 278 g/mol. The van der Waals surface area contributed by atoms with E-state index < -0.39 is 0 Å². The van der Waals surface area contributed by atoms with Gasteiger partial charge < -0.3 is 9.84 Å². The summed E-state index contributed by atoms with van der Waals surface area (Å²) in [7, 11) is 1.38. The Balaban J connectivity index is 2.88. The smallest absolute Gasteiger partial charge is 0.176 e. The van der Waals surface area contributed by atoms with E-state index in [9.17, 15) is 15.6 Å². The molecule has 0 spiro atoms. The van der Waals surface area contributed by atoms with Gasteiger partial charge in [0.05, 0.1) is 18.7 Å². The van der Waals surface area contributed by atoms with E-state index in [4.69, 9.17) is 4.74 Å². The van der Waals surface area contributed by atoms with Gasteiger partial charge >= 0.3 is 0 Å². The molecule has 0 atom stereocenters. The maximum atomic E-state index is 10.1. The molecule has 21 heavy (non-hydrogen) atoms. The monoisotopic (exact) mass is 278 g/mol. The number of aryl methyl sites for hydroxylation is 2. The van der Waals surface area contributed by atoms with Crippen LogP contribution in [0.2, 0.25) is 0 Å². The van der Waals surface area contributed by atoms with Gasteiger partial charge in [-0.1, -0.05) is 29.3 Å². The van der Waals surface area contributed by atoms with Crippen LogP contribution in [-0.2, 0) is 0 Å². The summed E-state index contributed by atoms with van der Waals surface area (Å²) in [5.41, 5.74) is 3.56. The molecule has 0 aromatic heterocycles. The molecule has 0 heterocycles. The van der Waals surface area contributed by atoms with Crippen LogP contribution in [0.1, 0.15) is 22.3 Å². The van der Waals surface area contributed by atoms with E-state index in [0.29, 0.717) is 11.1 Å². The van der Waals surface area contributed by atoms with Crippen molar-refractivity contribution >= 4 is 0 Å². The van der Waals surface area contributed by atoms with Crippen LogP contribution in [0.5, 0.6) is 11.5 Å². The summed E-state index contributed by atoms with van der Waals surface area (Å²) in [5.74, 6) is -0.121. The average Bonchev–Trinajstić information content (AvgIpc) is 2.45. The molecular weight excluding hydrogens is 264 g/mol. The second kappa shape index (κ2) is 5.56. The first kappa shape index (κ1) is 14.4. The first-order chi connectivity index (χ1) is 10.0. The Morgan fingerprint density at radius 3 is 2.10 bits per heavy atom. The van der Waals surface area contributed by atoms with Crippen LogP contribution in [0.15, 0.2) is 24.3 Å². The molecule has 2 rings (SSSR count). The first-order valence-electron chi connectivity index (χ1n) is 6.34.